The molecule has 0 unspecified atom stereocenters. The van der Waals surface area contributed by atoms with Crippen molar-refractivity contribution in [1.29, 1.82) is 0 Å². The molecule has 4 heteroatoms. The molecule has 0 aliphatic heterocycles. The van der Waals surface area contributed by atoms with E-state index in [1.165, 1.54) is 12.1 Å². The molecule has 0 heterocycles. The van der Waals surface area contributed by atoms with Gasteiger partial charge in [0, 0.05) is 0 Å². The summed E-state index contributed by atoms with van der Waals surface area (Å²) in [6.45, 7) is 3.94. The van der Waals surface area contributed by atoms with Gasteiger partial charge in [-0.2, -0.15) is 0 Å². The molecular weight excluding hydrogens is 211 g/mol. The zero-order valence-corrected chi connectivity index (χ0v) is 8.78. The Labute approximate surface area is 93.2 Å². The Morgan fingerprint density at radius 1 is 1.56 bits per heavy atom. The maximum atomic E-state index is 13.3. The number of aromatic carboxylic acids is 1. The van der Waals surface area contributed by atoms with Gasteiger partial charge in [-0.1, -0.05) is 6.08 Å². The molecule has 3 nitrogen and oxygen atoms in total. The number of halogens is 1. The number of ether oxygens (including phenoxy) is 1. The number of carboxylic acids is 1. The lowest BCUT2D eigenvalue weighted by Gasteiger charge is -2.06. The van der Waals surface area contributed by atoms with E-state index >= 15 is 0 Å². The Morgan fingerprint density at radius 2 is 2.31 bits per heavy atom. The number of hydrogen-bond acceptors (Lipinski definition) is 2. The van der Waals surface area contributed by atoms with Gasteiger partial charge in [0.15, 0.2) is 11.6 Å². The molecule has 0 radical (unpaired) electrons. The molecule has 0 saturated heterocycles. The van der Waals surface area contributed by atoms with Gasteiger partial charge < -0.3 is 9.84 Å². The molecule has 86 valence electrons. The van der Waals surface area contributed by atoms with E-state index in [-0.39, 0.29) is 11.3 Å². The van der Waals surface area contributed by atoms with Gasteiger partial charge in [0.25, 0.3) is 0 Å². The summed E-state index contributed by atoms with van der Waals surface area (Å²) >= 11 is 0. The van der Waals surface area contributed by atoms with Crippen LogP contribution in [0.25, 0.3) is 0 Å². The Balaban J connectivity index is 2.61. The third-order valence-corrected chi connectivity index (χ3v) is 1.99. The van der Waals surface area contributed by atoms with Crippen LogP contribution < -0.4 is 4.74 Å². The zero-order valence-electron chi connectivity index (χ0n) is 8.78. The van der Waals surface area contributed by atoms with E-state index in [0.29, 0.717) is 6.61 Å². The third kappa shape index (κ3) is 3.38. The largest absolute Gasteiger partial charge is 0.491 e. The fraction of sp³-hybridized carbons (Fsp3) is 0.250. The highest BCUT2D eigenvalue weighted by Crippen LogP contribution is 2.18. The summed E-state index contributed by atoms with van der Waals surface area (Å²) in [4.78, 5) is 10.5. The van der Waals surface area contributed by atoms with Crippen molar-refractivity contribution in [1.82, 2.24) is 0 Å². The lowest BCUT2D eigenvalue weighted by molar-refractivity contribution is 0.0696. The third-order valence-electron chi connectivity index (χ3n) is 1.99. The molecule has 0 saturated carbocycles. The van der Waals surface area contributed by atoms with E-state index in [1.54, 1.807) is 6.08 Å². The summed E-state index contributed by atoms with van der Waals surface area (Å²) in [5.41, 5.74) is -0.0871. The van der Waals surface area contributed by atoms with Crippen LogP contribution in [0.5, 0.6) is 5.75 Å². The average molecular weight is 224 g/mol. The molecule has 0 aromatic heterocycles. The van der Waals surface area contributed by atoms with Crippen molar-refractivity contribution >= 4 is 5.97 Å². The summed E-state index contributed by atoms with van der Waals surface area (Å²) in [5, 5.41) is 8.63. The second-order valence-electron chi connectivity index (χ2n) is 3.23. The first-order valence-electron chi connectivity index (χ1n) is 4.91. The van der Waals surface area contributed by atoms with Crippen molar-refractivity contribution < 1.29 is 19.0 Å². The SMILES string of the molecule is C=CCCCOc1ccc(C(=O)O)cc1F. The smallest absolute Gasteiger partial charge is 0.335 e. The van der Waals surface area contributed by atoms with Crippen LogP contribution >= 0.6 is 0 Å². The number of hydrogen-bond donors (Lipinski definition) is 1. The number of unbranched alkanes of at least 4 members (excludes halogenated alkanes) is 1. The molecule has 0 bridgehead atoms. The van der Waals surface area contributed by atoms with Crippen LogP contribution in [0.3, 0.4) is 0 Å². The second kappa shape index (κ2) is 5.90. The Morgan fingerprint density at radius 3 is 2.88 bits per heavy atom. The monoisotopic (exact) mass is 224 g/mol. The molecule has 1 aromatic rings. The predicted octanol–water partition coefficient (Wildman–Crippen LogP) is 2.87. The van der Waals surface area contributed by atoms with Crippen LogP contribution in [-0.4, -0.2) is 17.7 Å². The highest BCUT2D eigenvalue weighted by atomic mass is 19.1. The first-order valence-corrected chi connectivity index (χ1v) is 4.91. The fourth-order valence-corrected chi connectivity index (χ4v) is 1.16. The molecule has 0 amide bonds. The van der Waals surface area contributed by atoms with Gasteiger partial charge in [-0.3, -0.25) is 0 Å². The summed E-state index contributed by atoms with van der Waals surface area (Å²) in [6.07, 6.45) is 3.31. The molecule has 1 rings (SSSR count). The van der Waals surface area contributed by atoms with Gasteiger partial charge in [-0.25, -0.2) is 9.18 Å². The van der Waals surface area contributed by atoms with Crippen LogP contribution in [0, 0.1) is 5.82 Å². The first-order chi connectivity index (χ1) is 7.65. The van der Waals surface area contributed by atoms with Gasteiger partial charge in [0.1, 0.15) is 0 Å². The Kier molecular flexibility index (Phi) is 4.51. The molecule has 0 aliphatic rings. The molecule has 1 N–H and O–H groups in total. The normalized spacial score (nSPS) is 9.81. The fourth-order valence-electron chi connectivity index (χ4n) is 1.16. The standard InChI is InChI=1S/C12H13FO3/c1-2-3-4-7-16-11-6-5-9(12(14)15)8-10(11)13/h2,5-6,8H,1,3-4,7H2,(H,14,15). The second-order valence-corrected chi connectivity index (χ2v) is 3.23. The van der Waals surface area contributed by atoms with Gasteiger partial charge in [-0.15, -0.1) is 6.58 Å². The van der Waals surface area contributed by atoms with E-state index in [2.05, 4.69) is 6.58 Å². The Bertz CT molecular complexity index is 388. The molecule has 16 heavy (non-hydrogen) atoms. The van der Waals surface area contributed by atoms with Crippen molar-refractivity contribution in [2.24, 2.45) is 0 Å². The van der Waals surface area contributed by atoms with E-state index in [9.17, 15) is 9.18 Å². The summed E-state index contributed by atoms with van der Waals surface area (Å²) in [6, 6.07) is 3.59. The molecular formula is C12H13FO3. The van der Waals surface area contributed by atoms with Crippen molar-refractivity contribution in [2.75, 3.05) is 6.61 Å². The van der Waals surface area contributed by atoms with Crippen molar-refractivity contribution in [2.45, 2.75) is 12.8 Å². The number of benzene rings is 1. The van der Waals surface area contributed by atoms with Crippen LogP contribution in [0.15, 0.2) is 30.9 Å². The number of carbonyl (C=O) groups is 1. The maximum absolute atomic E-state index is 13.3. The average Bonchev–Trinajstić information content (AvgIpc) is 2.26. The maximum Gasteiger partial charge on any atom is 0.335 e. The molecule has 1 aromatic carbocycles. The van der Waals surface area contributed by atoms with Gasteiger partial charge in [-0.05, 0) is 31.0 Å². The van der Waals surface area contributed by atoms with Crippen molar-refractivity contribution in [3.63, 3.8) is 0 Å². The minimum Gasteiger partial charge on any atom is -0.491 e. The van der Waals surface area contributed by atoms with Gasteiger partial charge >= 0.3 is 5.97 Å². The predicted molar refractivity (Wildman–Crippen MR) is 58.3 cm³/mol. The lowest BCUT2D eigenvalue weighted by Crippen LogP contribution is -2.01. The molecule has 0 atom stereocenters. The molecule has 0 spiro atoms. The van der Waals surface area contributed by atoms with E-state index < -0.39 is 11.8 Å². The van der Waals surface area contributed by atoms with E-state index in [0.717, 1.165) is 18.9 Å². The summed E-state index contributed by atoms with van der Waals surface area (Å²) in [7, 11) is 0. The van der Waals surface area contributed by atoms with Gasteiger partial charge in [0.2, 0.25) is 0 Å². The minimum atomic E-state index is -1.16. The highest BCUT2D eigenvalue weighted by molar-refractivity contribution is 5.87. The van der Waals surface area contributed by atoms with Crippen LogP contribution in [-0.2, 0) is 0 Å². The number of carboxylic acid groups (broad SMARTS) is 1. The minimum absolute atomic E-state index is 0.0778. The first kappa shape index (κ1) is 12.2. The molecule has 0 fully saturated rings. The lowest BCUT2D eigenvalue weighted by atomic mass is 10.2. The van der Waals surface area contributed by atoms with Crippen LogP contribution in [0.1, 0.15) is 23.2 Å². The quantitative estimate of drug-likeness (QED) is 0.597. The number of allylic oxidation sites excluding steroid dienone is 1. The summed E-state index contributed by atoms with van der Waals surface area (Å²) < 4.78 is 18.5. The molecule has 0 aliphatic carbocycles. The van der Waals surface area contributed by atoms with Crippen LogP contribution in [0.4, 0.5) is 4.39 Å². The van der Waals surface area contributed by atoms with E-state index in [4.69, 9.17) is 9.84 Å². The summed E-state index contributed by atoms with van der Waals surface area (Å²) in [5.74, 6) is -1.73. The van der Waals surface area contributed by atoms with Gasteiger partial charge in [0.05, 0.1) is 12.2 Å². The van der Waals surface area contributed by atoms with Crippen LogP contribution in [0.2, 0.25) is 0 Å². The number of rotatable bonds is 6. The van der Waals surface area contributed by atoms with Crippen molar-refractivity contribution in [3.05, 3.63) is 42.2 Å². The van der Waals surface area contributed by atoms with E-state index in [1.807, 2.05) is 0 Å². The zero-order chi connectivity index (χ0) is 12.0. The Hall–Kier alpha value is -1.84. The topological polar surface area (TPSA) is 46.5 Å². The highest BCUT2D eigenvalue weighted by Gasteiger charge is 2.08. The van der Waals surface area contributed by atoms with Crippen molar-refractivity contribution in [3.8, 4) is 5.75 Å².